The molecule has 2 aliphatic heterocycles. The van der Waals surface area contributed by atoms with Gasteiger partial charge >= 0.3 is 0 Å². The minimum Gasteiger partial charge on any atom is -0.338 e. The van der Waals surface area contributed by atoms with Crippen molar-refractivity contribution in [3.63, 3.8) is 0 Å². The lowest BCUT2D eigenvalue weighted by atomic mass is 9.65. The summed E-state index contributed by atoms with van der Waals surface area (Å²) >= 11 is 0. The molecule has 138 valence electrons. The van der Waals surface area contributed by atoms with Gasteiger partial charge in [-0.3, -0.25) is 4.79 Å². The fourth-order valence-corrected chi connectivity index (χ4v) is 4.98. The zero-order chi connectivity index (χ0) is 18.1. The van der Waals surface area contributed by atoms with Gasteiger partial charge in [0, 0.05) is 25.2 Å². The highest BCUT2D eigenvalue weighted by Crippen LogP contribution is 2.44. The lowest BCUT2D eigenvalue weighted by molar-refractivity contribution is 0.0166. The third-order valence-electron chi connectivity index (χ3n) is 6.77. The second kappa shape index (κ2) is 7.01. The number of carbonyl (C=O) groups is 1. The molecule has 2 aliphatic rings. The van der Waals surface area contributed by atoms with Crippen molar-refractivity contribution in [3.05, 3.63) is 47.5 Å². The summed E-state index contributed by atoms with van der Waals surface area (Å²) in [7, 11) is 0. The number of benzene rings is 2. The Bertz CT molecular complexity index is 810. The van der Waals surface area contributed by atoms with Gasteiger partial charge in [-0.1, -0.05) is 37.3 Å². The van der Waals surface area contributed by atoms with Gasteiger partial charge in [0.2, 0.25) is 0 Å². The van der Waals surface area contributed by atoms with E-state index >= 15 is 0 Å². The van der Waals surface area contributed by atoms with Gasteiger partial charge in [-0.25, -0.2) is 0 Å². The molecular weight excluding hydrogens is 322 g/mol. The van der Waals surface area contributed by atoms with Crippen molar-refractivity contribution in [2.45, 2.75) is 32.7 Å². The first-order valence-corrected chi connectivity index (χ1v) is 9.85. The van der Waals surface area contributed by atoms with Gasteiger partial charge in [0.15, 0.2) is 0 Å². The van der Waals surface area contributed by atoms with E-state index in [9.17, 15) is 4.79 Å². The lowest BCUT2D eigenvalue weighted by Gasteiger charge is -2.49. The highest BCUT2D eigenvalue weighted by Gasteiger charge is 2.42. The average molecular weight is 351 g/mol. The Morgan fingerprint density at radius 2 is 1.88 bits per heavy atom. The van der Waals surface area contributed by atoms with Crippen molar-refractivity contribution >= 4 is 16.7 Å². The first-order valence-electron chi connectivity index (χ1n) is 9.85. The Labute approximate surface area is 155 Å². The van der Waals surface area contributed by atoms with Crippen LogP contribution >= 0.6 is 0 Å². The van der Waals surface area contributed by atoms with E-state index in [0.29, 0.717) is 17.9 Å². The molecule has 4 rings (SSSR count). The maximum Gasteiger partial charge on any atom is 0.254 e. The molecule has 1 amide bonds. The van der Waals surface area contributed by atoms with Crippen LogP contribution in [0.1, 0.15) is 42.1 Å². The number of fused-ring (bicyclic) bond motifs is 1. The summed E-state index contributed by atoms with van der Waals surface area (Å²) in [5.41, 5.74) is 8.21. The lowest BCUT2D eigenvalue weighted by Crippen LogP contribution is -2.52. The van der Waals surface area contributed by atoms with Gasteiger partial charge in [0.1, 0.15) is 0 Å². The SMILES string of the molecule is C[C@H]1CN(C(=O)c2cccc3c(CN)cccc23)CCC12CCNCC2. The van der Waals surface area contributed by atoms with Crippen molar-refractivity contribution in [2.75, 3.05) is 26.2 Å². The first-order chi connectivity index (χ1) is 12.6. The molecule has 0 bridgehead atoms. The van der Waals surface area contributed by atoms with Crippen LogP contribution in [-0.4, -0.2) is 37.0 Å². The topological polar surface area (TPSA) is 58.4 Å². The molecule has 4 nitrogen and oxygen atoms in total. The molecule has 2 aromatic carbocycles. The molecule has 0 saturated carbocycles. The predicted octanol–water partition coefficient (Wildman–Crippen LogP) is 3.15. The number of carbonyl (C=O) groups excluding carboxylic acids is 1. The molecule has 0 unspecified atom stereocenters. The normalized spacial score (nSPS) is 22.7. The number of piperidine rings is 2. The fourth-order valence-electron chi connectivity index (χ4n) is 4.98. The van der Waals surface area contributed by atoms with E-state index in [1.807, 2.05) is 30.3 Å². The summed E-state index contributed by atoms with van der Waals surface area (Å²) in [5.74, 6) is 0.720. The third kappa shape index (κ3) is 2.91. The van der Waals surface area contributed by atoms with Crippen LogP contribution in [0.4, 0.5) is 0 Å². The van der Waals surface area contributed by atoms with Crippen molar-refractivity contribution < 1.29 is 4.79 Å². The molecule has 3 N–H and O–H groups in total. The van der Waals surface area contributed by atoms with Crippen LogP contribution in [-0.2, 0) is 6.54 Å². The molecule has 4 heteroatoms. The van der Waals surface area contributed by atoms with Crippen LogP contribution in [0.15, 0.2) is 36.4 Å². The van der Waals surface area contributed by atoms with Crippen molar-refractivity contribution in [3.8, 4) is 0 Å². The van der Waals surface area contributed by atoms with E-state index in [0.717, 1.165) is 54.5 Å². The standard InChI is InChI=1S/C22H29N3O/c1-16-15-25(13-10-22(16)8-11-24-12-9-22)21(26)20-7-3-5-18-17(14-23)4-2-6-19(18)20/h2-7,16,24H,8-15,23H2,1H3/t16-/m0/s1. The Morgan fingerprint density at radius 3 is 2.62 bits per heavy atom. The zero-order valence-corrected chi connectivity index (χ0v) is 15.6. The second-order valence-corrected chi connectivity index (χ2v) is 8.04. The number of amides is 1. The molecule has 2 heterocycles. The number of hydrogen-bond acceptors (Lipinski definition) is 3. The summed E-state index contributed by atoms with van der Waals surface area (Å²) in [6.07, 6.45) is 3.61. The number of nitrogens with one attached hydrogen (secondary N) is 1. The Hall–Kier alpha value is -1.91. The highest BCUT2D eigenvalue weighted by atomic mass is 16.2. The minimum atomic E-state index is 0.167. The molecule has 0 radical (unpaired) electrons. The second-order valence-electron chi connectivity index (χ2n) is 8.04. The van der Waals surface area contributed by atoms with Gasteiger partial charge < -0.3 is 16.0 Å². The number of hydrogen-bond donors (Lipinski definition) is 2. The van der Waals surface area contributed by atoms with Crippen molar-refractivity contribution in [2.24, 2.45) is 17.1 Å². The Morgan fingerprint density at radius 1 is 1.15 bits per heavy atom. The Balaban J connectivity index is 1.60. The van der Waals surface area contributed by atoms with E-state index < -0.39 is 0 Å². The van der Waals surface area contributed by atoms with Gasteiger partial charge in [-0.2, -0.15) is 0 Å². The van der Waals surface area contributed by atoms with Crippen LogP contribution < -0.4 is 11.1 Å². The summed E-state index contributed by atoms with van der Waals surface area (Å²) in [6.45, 7) is 6.79. The van der Waals surface area contributed by atoms with Crippen molar-refractivity contribution in [1.82, 2.24) is 10.2 Å². The largest absolute Gasteiger partial charge is 0.338 e. The quantitative estimate of drug-likeness (QED) is 0.874. The minimum absolute atomic E-state index is 0.167. The van der Waals surface area contributed by atoms with Gasteiger partial charge in [0.05, 0.1) is 0 Å². The van der Waals surface area contributed by atoms with Gasteiger partial charge in [-0.15, -0.1) is 0 Å². The molecule has 1 atom stereocenters. The third-order valence-corrected chi connectivity index (χ3v) is 6.77. The average Bonchev–Trinajstić information content (AvgIpc) is 2.69. The van der Waals surface area contributed by atoms with E-state index in [1.165, 1.54) is 12.8 Å². The highest BCUT2D eigenvalue weighted by molar-refractivity contribution is 6.07. The summed E-state index contributed by atoms with van der Waals surface area (Å²) in [6, 6.07) is 12.1. The number of nitrogens with zero attached hydrogens (tertiary/aromatic N) is 1. The summed E-state index contributed by atoms with van der Waals surface area (Å²) < 4.78 is 0. The molecular formula is C22H29N3O. The number of nitrogens with two attached hydrogens (primary N) is 1. The first kappa shape index (κ1) is 17.5. The summed E-state index contributed by atoms with van der Waals surface area (Å²) in [5, 5.41) is 5.60. The molecule has 2 saturated heterocycles. The Kier molecular flexibility index (Phi) is 4.72. The summed E-state index contributed by atoms with van der Waals surface area (Å²) in [4.78, 5) is 15.4. The van der Waals surface area contributed by atoms with Crippen molar-refractivity contribution in [1.29, 1.82) is 0 Å². The molecule has 1 spiro atoms. The number of rotatable bonds is 2. The molecule has 2 fully saturated rings. The zero-order valence-electron chi connectivity index (χ0n) is 15.6. The van der Waals surface area contributed by atoms with Gasteiger partial charge in [-0.05, 0) is 66.1 Å². The van der Waals surface area contributed by atoms with Crippen LogP contribution in [0.3, 0.4) is 0 Å². The predicted molar refractivity (Wildman–Crippen MR) is 106 cm³/mol. The van der Waals surface area contributed by atoms with E-state index in [1.54, 1.807) is 0 Å². The molecule has 0 aromatic heterocycles. The van der Waals surface area contributed by atoms with Crippen LogP contribution in [0.25, 0.3) is 10.8 Å². The fraction of sp³-hybridized carbons (Fsp3) is 0.500. The van der Waals surface area contributed by atoms with Crippen LogP contribution in [0.5, 0.6) is 0 Å². The van der Waals surface area contributed by atoms with Crippen LogP contribution in [0.2, 0.25) is 0 Å². The smallest absolute Gasteiger partial charge is 0.254 e. The maximum atomic E-state index is 13.3. The van der Waals surface area contributed by atoms with E-state index in [-0.39, 0.29) is 5.91 Å². The number of likely N-dealkylation sites (tertiary alicyclic amines) is 1. The molecule has 2 aromatic rings. The van der Waals surface area contributed by atoms with E-state index in [4.69, 9.17) is 5.73 Å². The monoisotopic (exact) mass is 351 g/mol. The molecule has 26 heavy (non-hydrogen) atoms. The van der Waals surface area contributed by atoms with E-state index in [2.05, 4.69) is 23.2 Å². The van der Waals surface area contributed by atoms with Crippen LogP contribution in [0, 0.1) is 11.3 Å². The maximum absolute atomic E-state index is 13.3. The molecule has 0 aliphatic carbocycles. The van der Waals surface area contributed by atoms with Gasteiger partial charge in [0.25, 0.3) is 5.91 Å².